The lowest BCUT2D eigenvalue weighted by atomic mass is 10.2. The summed E-state index contributed by atoms with van der Waals surface area (Å²) in [5.74, 6) is -0.715. The minimum atomic E-state index is -0.715. The Labute approximate surface area is 104 Å². The van der Waals surface area contributed by atoms with Gasteiger partial charge in [-0.1, -0.05) is 6.07 Å². The predicted octanol–water partition coefficient (Wildman–Crippen LogP) is 1.59. The second-order valence-electron chi connectivity index (χ2n) is 3.48. The van der Waals surface area contributed by atoms with Gasteiger partial charge in [-0.15, -0.1) is 11.3 Å². The van der Waals surface area contributed by atoms with Crippen LogP contribution in [-0.4, -0.2) is 24.9 Å². The zero-order valence-electron chi connectivity index (χ0n) is 9.68. The van der Waals surface area contributed by atoms with Gasteiger partial charge in [-0.2, -0.15) is 5.26 Å². The lowest BCUT2D eigenvalue weighted by Crippen LogP contribution is -2.13. The van der Waals surface area contributed by atoms with Gasteiger partial charge in [0.1, 0.15) is 11.6 Å². The van der Waals surface area contributed by atoms with Gasteiger partial charge in [-0.3, -0.25) is 4.79 Å². The highest BCUT2D eigenvalue weighted by atomic mass is 32.1. The van der Waals surface area contributed by atoms with Crippen LogP contribution in [0.5, 0.6) is 0 Å². The van der Waals surface area contributed by atoms with E-state index < -0.39 is 5.91 Å². The summed E-state index contributed by atoms with van der Waals surface area (Å²) in [6.45, 7) is 0. The maximum atomic E-state index is 10.9. The third-order valence-corrected chi connectivity index (χ3v) is 2.94. The van der Waals surface area contributed by atoms with E-state index >= 15 is 0 Å². The average Bonchev–Trinajstić information content (AvgIpc) is 2.76. The molecule has 0 radical (unpaired) electrons. The van der Waals surface area contributed by atoms with Crippen molar-refractivity contribution in [1.82, 2.24) is 4.90 Å². The highest BCUT2D eigenvalue weighted by Crippen LogP contribution is 2.21. The minimum absolute atomic E-state index is 0.0547. The molecule has 0 saturated carbocycles. The molecule has 2 N–H and O–H groups in total. The Morgan fingerprint density at radius 2 is 2.24 bits per heavy atom. The molecule has 1 heterocycles. The third-order valence-electron chi connectivity index (χ3n) is 2.05. The van der Waals surface area contributed by atoms with E-state index in [2.05, 4.69) is 0 Å². The summed E-state index contributed by atoms with van der Waals surface area (Å²) >= 11 is 1.59. The number of amides is 1. The number of primary amides is 1. The molecule has 0 fully saturated rings. The number of rotatable bonds is 4. The summed E-state index contributed by atoms with van der Waals surface area (Å²) in [7, 11) is 3.80. The van der Waals surface area contributed by atoms with Crippen LogP contribution in [-0.2, 0) is 4.79 Å². The number of hydrogen-bond acceptors (Lipinski definition) is 4. The summed E-state index contributed by atoms with van der Waals surface area (Å²) in [6, 6.07) is 5.69. The quantitative estimate of drug-likeness (QED) is 0.499. The minimum Gasteiger partial charge on any atom is -0.377 e. The number of allylic oxidation sites excluding steroid dienone is 2. The van der Waals surface area contributed by atoms with Crippen LogP contribution in [0.1, 0.15) is 4.88 Å². The number of hydrogen-bond donors (Lipinski definition) is 1. The molecule has 0 spiro atoms. The Morgan fingerprint density at radius 1 is 1.53 bits per heavy atom. The largest absolute Gasteiger partial charge is 0.377 e. The Hall–Kier alpha value is -2.06. The number of carbonyl (C=O) groups excluding carboxylic acids is 1. The van der Waals surface area contributed by atoms with Gasteiger partial charge in [0.2, 0.25) is 0 Å². The van der Waals surface area contributed by atoms with Crippen LogP contribution in [0, 0.1) is 11.3 Å². The topological polar surface area (TPSA) is 70.1 Å². The molecular formula is C12H13N3OS. The first-order valence-electron chi connectivity index (χ1n) is 4.89. The third kappa shape index (κ3) is 3.47. The van der Waals surface area contributed by atoms with E-state index in [-0.39, 0.29) is 5.57 Å². The lowest BCUT2D eigenvalue weighted by molar-refractivity contribution is -0.114. The Kier molecular flexibility index (Phi) is 4.49. The molecule has 0 aliphatic heterocycles. The van der Waals surface area contributed by atoms with E-state index in [0.717, 1.165) is 10.6 Å². The summed E-state index contributed by atoms with van der Waals surface area (Å²) in [6.07, 6.45) is 3.16. The Balaban J connectivity index is 3.10. The molecule has 1 aromatic rings. The van der Waals surface area contributed by atoms with Gasteiger partial charge < -0.3 is 10.6 Å². The van der Waals surface area contributed by atoms with Crippen LogP contribution < -0.4 is 5.73 Å². The standard InChI is InChI=1S/C12H13N3OS/c1-15(2)10(11-4-3-7-17-11)6-5-9(8-13)12(14)16/h3-7H,1-2H3,(H2,14,16)/b9-5-,10-6-. The van der Waals surface area contributed by atoms with Crippen molar-refractivity contribution in [2.75, 3.05) is 14.1 Å². The summed E-state index contributed by atoms with van der Waals surface area (Å²) in [5.41, 5.74) is 5.93. The summed E-state index contributed by atoms with van der Waals surface area (Å²) < 4.78 is 0. The molecule has 0 unspecified atom stereocenters. The maximum Gasteiger partial charge on any atom is 0.259 e. The van der Waals surface area contributed by atoms with Crippen LogP contribution >= 0.6 is 11.3 Å². The van der Waals surface area contributed by atoms with Gasteiger partial charge in [0.05, 0.1) is 10.6 Å². The van der Waals surface area contributed by atoms with E-state index in [1.54, 1.807) is 23.5 Å². The van der Waals surface area contributed by atoms with Crippen LogP contribution in [0.15, 0.2) is 35.2 Å². The molecule has 0 aliphatic carbocycles. The van der Waals surface area contributed by atoms with Crippen LogP contribution in [0.4, 0.5) is 0 Å². The molecule has 0 aromatic carbocycles. The lowest BCUT2D eigenvalue weighted by Gasteiger charge is -2.15. The van der Waals surface area contributed by atoms with Crippen LogP contribution in [0.3, 0.4) is 0 Å². The highest BCUT2D eigenvalue weighted by molar-refractivity contribution is 7.11. The first-order valence-corrected chi connectivity index (χ1v) is 5.77. The van der Waals surface area contributed by atoms with Crippen molar-refractivity contribution in [1.29, 1.82) is 5.26 Å². The van der Waals surface area contributed by atoms with E-state index in [1.807, 2.05) is 36.5 Å². The van der Waals surface area contributed by atoms with E-state index in [9.17, 15) is 4.79 Å². The fourth-order valence-corrected chi connectivity index (χ4v) is 2.04. The van der Waals surface area contributed by atoms with E-state index in [4.69, 9.17) is 11.0 Å². The van der Waals surface area contributed by atoms with E-state index in [1.165, 1.54) is 6.08 Å². The highest BCUT2D eigenvalue weighted by Gasteiger charge is 2.05. The average molecular weight is 247 g/mol. The number of nitriles is 1. The second-order valence-corrected chi connectivity index (χ2v) is 4.43. The maximum absolute atomic E-state index is 10.9. The van der Waals surface area contributed by atoms with Crippen LogP contribution in [0.2, 0.25) is 0 Å². The number of nitrogens with two attached hydrogens (primary N) is 1. The Bertz CT molecular complexity index is 492. The number of carbonyl (C=O) groups is 1. The van der Waals surface area contributed by atoms with Gasteiger partial charge in [0, 0.05) is 14.1 Å². The zero-order chi connectivity index (χ0) is 12.8. The predicted molar refractivity (Wildman–Crippen MR) is 68.9 cm³/mol. The van der Waals surface area contributed by atoms with Crippen molar-refractivity contribution in [3.8, 4) is 6.07 Å². The van der Waals surface area contributed by atoms with Crippen molar-refractivity contribution in [2.45, 2.75) is 0 Å². The number of thiophene rings is 1. The molecule has 17 heavy (non-hydrogen) atoms. The smallest absolute Gasteiger partial charge is 0.259 e. The molecule has 0 bridgehead atoms. The second kappa shape index (κ2) is 5.87. The van der Waals surface area contributed by atoms with Gasteiger partial charge >= 0.3 is 0 Å². The molecule has 4 nitrogen and oxygen atoms in total. The summed E-state index contributed by atoms with van der Waals surface area (Å²) in [5, 5.41) is 10.7. The van der Waals surface area contributed by atoms with Crippen LogP contribution in [0.25, 0.3) is 5.70 Å². The van der Waals surface area contributed by atoms with Gasteiger partial charge in [-0.05, 0) is 23.6 Å². The zero-order valence-corrected chi connectivity index (χ0v) is 10.5. The fourth-order valence-electron chi connectivity index (χ4n) is 1.21. The molecule has 1 rings (SSSR count). The molecule has 1 aromatic heterocycles. The molecule has 1 amide bonds. The van der Waals surface area contributed by atoms with Crippen molar-refractivity contribution in [3.05, 3.63) is 40.1 Å². The number of nitrogens with zero attached hydrogens (tertiary/aromatic N) is 2. The van der Waals surface area contributed by atoms with Gasteiger partial charge in [0.15, 0.2) is 0 Å². The Morgan fingerprint density at radius 3 is 2.65 bits per heavy atom. The van der Waals surface area contributed by atoms with Gasteiger partial charge in [0.25, 0.3) is 5.91 Å². The molecule has 0 atom stereocenters. The molecule has 0 aliphatic rings. The van der Waals surface area contributed by atoms with Crippen molar-refractivity contribution < 1.29 is 4.79 Å². The summed E-state index contributed by atoms with van der Waals surface area (Å²) in [4.78, 5) is 13.9. The normalized spacial score (nSPS) is 12.1. The fraction of sp³-hybridized carbons (Fsp3) is 0.167. The first kappa shape index (κ1) is 13.0. The molecule has 5 heteroatoms. The molecule has 88 valence electrons. The van der Waals surface area contributed by atoms with E-state index in [0.29, 0.717) is 0 Å². The molecular weight excluding hydrogens is 234 g/mol. The monoisotopic (exact) mass is 247 g/mol. The SMILES string of the molecule is CN(C)/C(=C\C=C(\C#N)C(N)=O)c1cccs1. The van der Waals surface area contributed by atoms with Crippen molar-refractivity contribution >= 4 is 22.9 Å². The van der Waals surface area contributed by atoms with Gasteiger partial charge in [-0.25, -0.2) is 0 Å². The molecule has 0 saturated heterocycles. The van der Waals surface area contributed by atoms with Crippen molar-refractivity contribution in [3.63, 3.8) is 0 Å². The first-order chi connectivity index (χ1) is 8.06. The van der Waals surface area contributed by atoms with Crippen molar-refractivity contribution in [2.24, 2.45) is 5.73 Å².